The number of halogens is 1. The number of nitrogens with one attached hydrogen (secondary N) is 2. The van der Waals surface area contributed by atoms with E-state index >= 15 is 0 Å². The third kappa shape index (κ3) is 8.41. The molecule has 0 fully saturated rings. The molecule has 0 aliphatic carbocycles. The summed E-state index contributed by atoms with van der Waals surface area (Å²) in [6.45, 7) is 6.65. The smallest absolute Gasteiger partial charge is 0.191 e. The second-order valence-electron chi connectivity index (χ2n) is 6.71. The summed E-state index contributed by atoms with van der Waals surface area (Å²) >= 11 is 0. The molecule has 6 nitrogen and oxygen atoms in total. The number of furan rings is 1. The summed E-state index contributed by atoms with van der Waals surface area (Å²) in [5, 5.41) is 6.78. The number of ether oxygens (including phenoxy) is 2. The number of nitrogens with zero attached hydrogens (tertiary/aromatic N) is 1. The quantitative estimate of drug-likeness (QED) is 0.294. The van der Waals surface area contributed by atoms with Crippen LogP contribution in [0.15, 0.2) is 46.0 Å². The fraction of sp³-hybridized carbons (Fsp3) is 0.476. The van der Waals surface area contributed by atoms with Crippen molar-refractivity contribution < 1.29 is 13.9 Å². The highest BCUT2D eigenvalue weighted by Crippen LogP contribution is 2.27. The van der Waals surface area contributed by atoms with Crippen molar-refractivity contribution in [2.75, 3.05) is 33.9 Å². The molecule has 0 spiro atoms. The minimum atomic E-state index is 0. The van der Waals surface area contributed by atoms with Crippen LogP contribution in [0.1, 0.15) is 25.2 Å². The van der Waals surface area contributed by atoms with Gasteiger partial charge in [-0.25, -0.2) is 0 Å². The highest BCUT2D eigenvalue weighted by molar-refractivity contribution is 14.0. The van der Waals surface area contributed by atoms with Crippen molar-refractivity contribution >= 4 is 29.9 Å². The van der Waals surface area contributed by atoms with Gasteiger partial charge >= 0.3 is 0 Å². The molecule has 7 heteroatoms. The molecule has 0 radical (unpaired) electrons. The van der Waals surface area contributed by atoms with E-state index in [0.29, 0.717) is 5.92 Å². The number of aliphatic imine (C=N–C) groups is 1. The maximum Gasteiger partial charge on any atom is 0.191 e. The molecule has 2 aromatic rings. The number of methoxy groups -OCH3 is 2. The first-order chi connectivity index (χ1) is 13.1. The van der Waals surface area contributed by atoms with Crippen molar-refractivity contribution in [2.45, 2.75) is 26.7 Å². The van der Waals surface area contributed by atoms with Gasteiger partial charge in [0.25, 0.3) is 0 Å². The summed E-state index contributed by atoms with van der Waals surface area (Å²) in [4.78, 5) is 4.65. The molecule has 0 atom stereocenters. The summed E-state index contributed by atoms with van der Waals surface area (Å²) in [7, 11) is 3.30. The van der Waals surface area contributed by atoms with Crippen LogP contribution in [0.3, 0.4) is 0 Å². The third-order valence-electron chi connectivity index (χ3n) is 4.01. The largest absolute Gasteiger partial charge is 0.493 e. The Morgan fingerprint density at radius 3 is 2.36 bits per heavy atom. The topological polar surface area (TPSA) is 68.0 Å². The van der Waals surface area contributed by atoms with Crippen molar-refractivity contribution in [3.8, 4) is 11.5 Å². The Hall–Kier alpha value is -1.90. The van der Waals surface area contributed by atoms with Crippen LogP contribution >= 0.6 is 24.0 Å². The van der Waals surface area contributed by atoms with Gasteiger partial charge in [0.15, 0.2) is 17.5 Å². The van der Waals surface area contributed by atoms with E-state index in [1.54, 1.807) is 20.5 Å². The van der Waals surface area contributed by atoms with Gasteiger partial charge in [-0.2, -0.15) is 0 Å². The average molecular weight is 501 g/mol. The lowest BCUT2D eigenvalue weighted by Crippen LogP contribution is -2.39. The Morgan fingerprint density at radius 1 is 1.04 bits per heavy atom. The van der Waals surface area contributed by atoms with E-state index in [1.807, 2.05) is 24.3 Å². The SMILES string of the molecule is COc1ccc(CCNC(=NCC(C)C)NCCc2ccco2)cc1OC.I. The summed E-state index contributed by atoms with van der Waals surface area (Å²) in [6.07, 6.45) is 3.39. The molecular formula is C21H32IN3O3. The van der Waals surface area contributed by atoms with Gasteiger partial charge in [-0.15, -0.1) is 24.0 Å². The van der Waals surface area contributed by atoms with Gasteiger partial charge < -0.3 is 24.5 Å². The molecular weight excluding hydrogens is 469 g/mol. The average Bonchev–Trinajstić information content (AvgIpc) is 3.18. The van der Waals surface area contributed by atoms with E-state index in [9.17, 15) is 0 Å². The van der Waals surface area contributed by atoms with Gasteiger partial charge in [-0.3, -0.25) is 4.99 Å². The van der Waals surface area contributed by atoms with Crippen molar-refractivity contribution in [3.05, 3.63) is 47.9 Å². The molecule has 0 bridgehead atoms. The van der Waals surface area contributed by atoms with Gasteiger partial charge in [-0.05, 0) is 42.2 Å². The Morgan fingerprint density at radius 2 is 1.75 bits per heavy atom. The molecule has 1 aromatic carbocycles. The van der Waals surface area contributed by atoms with E-state index in [4.69, 9.17) is 13.9 Å². The number of benzene rings is 1. The van der Waals surface area contributed by atoms with E-state index < -0.39 is 0 Å². The van der Waals surface area contributed by atoms with Gasteiger partial charge in [-0.1, -0.05) is 19.9 Å². The third-order valence-corrected chi connectivity index (χ3v) is 4.01. The Bertz CT molecular complexity index is 703. The second kappa shape index (κ2) is 13.3. The monoisotopic (exact) mass is 501 g/mol. The van der Waals surface area contributed by atoms with Crippen molar-refractivity contribution in [1.82, 2.24) is 10.6 Å². The van der Waals surface area contributed by atoms with Gasteiger partial charge in [0, 0.05) is 26.1 Å². The number of rotatable bonds is 10. The first-order valence-corrected chi connectivity index (χ1v) is 9.37. The lowest BCUT2D eigenvalue weighted by atomic mass is 10.1. The molecule has 156 valence electrons. The van der Waals surface area contributed by atoms with E-state index in [2.05, 4.69) is 35.5 Å². The van der Waals surface area contributed by atoms with Crippen molar-refractivity contribution in [1.29, 1.82) is 0 Å². The lowest BCUT2D eigenvalue weighted by Gasteiger charge is -2.14. The Balaban J connectivity index is 0.00000392. The summed E-state index contributed by atoms with van der Waals surface area (Å²) < 4.78 is 16.0. The molecule has 2 N–H and O–H groups in total. The molecule has 0 saturated carbocycles. The van der Waals surface area contributed by atoms with Crippen LogP contribution in [0.4, 0.5) is 0 Å². The summed E-state index contributed by atoms with van der Waals surface area (Å²) in [5.74, 6) is 3.81. The zero-order valence-electron chi connectivity index (χ0n) is 17.2. The number of hydrogen-bond donors (Lipinski definition) is 2. The van der Waals surface area contributed by atoms with Crippen LogP contribution in [0.25, 0.3) is 0 Å². The standard InChI is InChI=1S/C21H31N3O3.HI/c1-16(2)15-24-21(23-12-10-18-6-5-13-27-18)22-11-9-17-7-8-19(25-3)20(14-17)26-4;/h5-8,13-14,16H,9-12,15H2,1-4H3,(H2,22,23,24);1H. The maximum atomic E-state index is 5.37. The van der Waals surface area contributed by atoms with Crippen LogP contribution in [0.5, 0.6) is 11.5 Å². The van der Waals surface area contributed by atoms with Crippen LogP contribution in [-0.4, -0.2) is 39.8 Å². The van der Waals surface area contributed by atoms with Gasteiger partial charge in [0.05, 0.1) is 20.5 Å². The summed E-state index contributed by atoms with van der Waals surface area (Å²) in [5.41, 5.74) is 1.18. The molecule has 0 aliphatic heterocycles. The van der Waals surface area contributed by atoms with Gasteiger partial charge in [0.2, 0.25) is 0 Å². The molecule has 0 saturated heterocycles. The molecule has 1 aromatic heterocycles. The fourth-order valence-electron chi connectivity index (χ4n) is 2.57. The highest BCUT2D eigenvalue weighted by Gasteiger charge is 2.05. The van der Waals surface area contributed by atoms with Crippen LogP contribution < -0.4 is 20.1 Å². The molecule has 0 amide bonds. The predicted molar refractivity (Wildman–Crippen MR) is 124 cm³/mol. The minimum Gasteiger partial charge on any atom is -0.493 e. The number of guanidine groups is 1. The first kappa shape index (κ1) is 24.1. The van der Waals surface area contributed by atoms with Crippen LogP contribution in [-0.2, 0) is 12.8 Å². The van der Waals surface area contributed by atoms with E-state index in [0.717, 1.165) is 55.7 Å². The van der Waals surface area contributed by atoms with E-state index in [1.165, 1.54) is 5.56 Å². The molecule has 1 heterocycles. The predicted octanol–water partition coefficient (Wildman–Crippen LogP) is 3.89. The summed E-state index contributed by atoms with van der Waals surface area (Å²) in [6, 6.07) is 9.89. The normalized spacial score (nSPS) is 11.1. The fourth-order valence-corrected chi connectivity index (χ4v) is 2.57. The highest BCUT2D eigenvalue weighted by atomic mass is 127. The lowest BCUT2D eigenvalue weighted by molar-refractivity contribution is 0.354. The molecule has 28 heavy (non-hydrogen) atoms. The van der Waals surface area contributed by atoms with Crippen molar-refractivity contribution in [2.24, 2.45) is 10.9 Å². The van der Waals surface area contributed by atoms with Crippen LogP contribution in [0.2, 0.25) is 0 Å². The van der Waals surface area contributed by atoms with Crippen molar-refractivity contribution in [3.63, 3.8) is 0 Å². The Kier molecular flexibility index (Phi) is 11.5. The maximum absolute atomic E-state index is 5.37. The zero-order valence-corrected chi connectivity index (χ0v) is 19.5. The Labute approximate surface area is 185 Å². The minimum absolute atomic E-state index is 0. The molecule has 2 rings (SSSR count). The zero-order chi connectivity index (χ0) is 19.5. The molecule has 0 aliphatic rings. The number of hydrogen-bond acceptors (Lipinski definition) is 4. The van der Waals surface area contributed by atoms with E-state index in [-0.39, 0.29) is 24.0 Å². The first-order valence-electron chi connectivity index (χ1n) is 9.37. The van der Waals surface area contributed by atoms with Gasteiger partial charge in [0.1, 0.15) is 5.76 Å². The van der Waals surface area contributed by atoms with Crippen LogP contribution in [0, 0.1) is 5.92 Å². The second-order valence-corrected chi connectivity index (χ2v) is 6.71. The molecule has 0 unspecified atom stereocenters.